The van der Waals surface area contributed by atoms with E-state index >= 15 is 0 Å². The zero-order valence-corrected chi connectivity index (χ0v) is 12.7. The molecular formula is C16H14O7. The van der Waals surface area contributed by atoms with Gasteiger partial charge in [-0.1, -0.05) is 0 Å². The molecule has 2 N–H and O–H groups in total. The van der Waals surface area contributed by atoms with Crippen LogP contribution < -0.4 is 10.4 Å². The van der Waals surface area contributed by atoms with Crippen molar-refractivity contribution in [1.82, 2.24) is 0 Å². The van der Waals surface area contributed by atoms with Crippen LogP contribution in [0.4, 0.5) is 0 Å². The molecule has 1 heterocycles. The van der Waals surface area contributed by atoms with Gasteiger partial charge >= 0.3 is 5.63 Å². The van der Waals surface area contributed by atoms with Crippen LogP contribution in [0.1, 0.15) is 23.0 Å². The normalized spacial score (nSPS) is 20.2. The number of hydrogen-bond acceptors (Lipinski definition) is 7. The Balaban J connectivity index is 2.51. The number of phenolic OH excluding ortho intramolecular Hbond substituents is 1. The van der Waals surface area contributed by atoms with Gasteiger partial charge in [-0.2, -0.15) is 0 Å². The number of fused-ring (bicyclic) bond motifs is 3. The number of phenols is 1. The summed E-state index contributed by atoms with van der Waals surface area (Å²) >= 11 is 0. The van der Waals surface area contributed by atoms with Gasteiger partial charge in [-0.15, -0.1) is 0 Å². The third kappa shape index (κ3) is 2.08. The lowest BCUT2D eigenvalue weighted by Crippen LogP contribution is -2.30. The molecule has 1 aliphatic carbocycles. The Labute approximate surface area is 130 Å². The van der Waals surface area contributed by atoms with Crippen molar-refractivity contribution >= 4 is 16.6 Å². The van der Waals surface area contributed by atoms with Gasteiger partial charge in [-0.3, -0.25) is 4.79 Å². The molecule has 0 radical (unpaired) electrons. The first kappa shape index (κ1) is 15.1. The van der Waals surface area contributed by atoms with E-state index in [4.69, 9.17) is 13.9 Å². The van der Waals surface area contributed by atoms with Crippen LogP contribution in [0.3, 0.4) is 0 Å². The third-order valence-electron chi connectivity index (χ3n) is 3.79. The lowest BCUT2D eigenvalue weighted by atomic mass is 9.84. The van der Waals surface area contributed by atoms with Crippen molar-refractivity contribution in [3.05, 3.63) is 45.7 Å². The summed E-state index contributed by atoms with van der Waals surface area (Å²) in [6.07, 6.45) is 1.23. The Morgan fingerprint density at radius 3 is 2.48 bits per heavy atom. The minimum Gasteiger partial charge on any atom is -0.507 e. The van der Waals surface area contributed by atoms with Crippen LogP contribution in [-0.2, 0) is 10.3 Å². The maximum absolute atomic E-state index is 12.3. The minimum absolute atomic E-state index is 0.0760. The Morgan fingerprint density at radius 2 is 1.87 bits per heavy atom. The molecule has 1 aromatic carbocycles. The topological polar surface area (TPSA) is 106 Å². The van der Waals surface area contributed by atoms with E-state index in [-0.39, 0.29) is 39.4 Å². The van der Waals surface area contributed by atoms with Gasteiger partial charge in [0, 0.05) is 17.0 Å². The molecule has 7 nitrogen and oxygen atoms in total. The summed E-state index contributed by atoms with van der Waals surface area (Å²) < 4.78 is 15.1. The SMILES string of the molecule is COC1=C[C@](C)(O)c2c(oc(=O)c3c(O)cc(OC)cc23)C1=O. The molecule has 7 heteroatoms. The Bertz CT molecular complexity index is 918. The van der Waals surface area contributed by atoms with E-state index in [2.05, 4.69) is 0 Å². The number of benzene rings is 1. The number of aromatic hydroxyl groups is 1. The maximum Gasteiger partial charge on any atom is 0.348 e. The van der Waals surface area contributed by atoms with E-state index in [0.29, 0.717) is 0 Å². The van der Waals surface area contributed by atoms with E-state index < -0.39 is 17.0 Å². The number of carbonyl (C=O) groups is 1. The van der Waals surface area contributed by atoms with Crippen LogP contribution in [0.15, 0.2) is 33.2 Å². The van der Waals surface area contributed by atoms with Crippen molar-refractivity contribution in [2.24, 2.45) is 0 Å². The first-order valence-electron chi connectivity index (χ1n) is 6.72. The van der Waals surface area contributed by atoms with Crippen molar-refractivity contribution in [3.63, 3.8) is 0 Å². The summed E-state index contributed by atoms with van der Waals surface area (Å²) in [4.78, 5) is 24.5. The number of methoxy groups -OCH3 is 2. The quantitative estimate of drug-likeness (QED) is 0.863. The number of aliphatic hydroxyl groups is 1. The second-order valence-electron chi connectivity index (χ2n) is 5.35. The fourth-order valence-corrected chi connectivity index (χ4v) is 2.77. The molecule has 23 heavy (non-hydrogen) atoms. The van der Waals surface area contributed by atoms with Crippen molar-refractivity contribution in [2.45, 2.75) is 12.5 Å². The van der Waals surface area contributed by atoms with E-state index in [9.17, 15) is 19.8 Å². The van der Waals surface area contributed by atoms with Crippen LogP contribution >= 0.6 is 0 Å². The average molecular weight is 318 g/mol. The van der Waals surface area contributed by atoms with Gasteiger partial charge in [0.2, 0.25) is 0 Å². The molecule has 120 valence electrons. The number of allylic oxidation sites excluding steroid dienone is 1. The molecule has 0 bridgehead atoms. The molecule has 0 unspecified atom stereocenters. The smallest absolute Gasteiger partial charge is 0.348 e. The van der Waals surface area contributed by atoms with Crippen LogP contribution in [0.5, 0.6) is 11.5 Å². The second kappa shape index (κ2) is 4.85. The van der Waals surface area contributed by atoms with Gasteiger partial charge in [-0.25, -0.2) is 4.79 Å². The summed E-state index contributed by atoms with van der Waals surface area (Å²) in [5, 5.41) is 20.8. The Kier molecular flexibility index (Phi) is 3.19. The summed E-state index contributed by atoms with van der Waals surface area (Å²) in [5.74, 6) is -1.19. The number of rotatable bonds is 2. The molecule has 3 rings (SSSR count). The predicted molar refractivity (Wildman–Crippen MR) is 79.7 cm³/mol. The van der Waals surface area contributed by atoms with Crippen LogP contribution in [-0.4, -0.2) is 30.2 Å². The summed E-state index contributed by atoms with van der Waals surface area (Å²) in [5.41, 5.74) is -2.45. The molecule has 0 saturated heterocycles. The van der Waals surface area contributed by atoms with Crippen molar-refractivity contribution in [3.8, 4) is 11.5 Å². The highest BCUT2D eigenvalue weighted by molar-refractivity contribution is 6.11. The van der Waals surface area contributed by atoms with Gasteiger partial charge < -0.3 is 24.1 Å². The lowest BCUT2D eigenvalue weighted by molar-refractivity contribution is 0.0754. The lowest BCUT2D eigenvalue weighted by Gasteiger charge is -2.27. The molecule has 2 aromatic rings. The Morgan fingerprint density at radius 1 is 1.17 bits per heavy atom. The van der Waals surface area contributed by atoms with Crippen LogP contribution in [0.2, 0.25) is 0 Å². The molecule has 0 saturated carbocycles. The summed E-state index contributed by atoms with van der Waals surface area (Å²) in [6, 6.07) is 2.71. The van der Waals surface area contributed by atoms with Gasteiger partial charge in [0.25, 0.3) is 5.78 Å². The van der Waals surface area contributed by atoms with E-state index in [1.54, 1.807) is 0 Å². The number of Topliss-reactive ketones (excluding diaryl/α,β-unsaturated/α-hetero) is 1. The zero-order chi connectivity index (χ0) is 16.9. The van der Waals surface area contributed by atoms with Gasteiger partial charge in [0.05, 0.1) is 14.2 Å². The molecule has 0 spiro atoms. The van der Waals surface area contributed by atoms with Gasteiger partial charge in [-0.05, 0) is 19.1 Å². The first-order chi connectivity index (χ1) is 10.8. The maximum atomic E-state index is 12.3. The standard InChI is InChI=1S/C16H14O7/c1-16(20)6-10(22-3)13(18)14-12(16)8-4-7(21-2)5-9(17)11(8)15(19)23-14/h4-6,17,20H,1-3H3/t16-/m0/s1. The first-order valence-corrected chi connectivity index (χ1v) is 6.72. The predicted octanol–water partition coefficient (Wildman–Crippen LogP) is 1.44. The molecule has 1 aliphatic rings. The highest BCUT2D eigenvalue weighted by Crippen LogP contribution is 2.40. The minimum atomic E-state index is -1.64. The molecule has 0 fully saturated rings. The van der Waals surface area contributed by atoms with E-state index in [1.807, 2.05) is 0 Å². The summed E-state index contributed by atoms with van der Waals surface area (Å²) in [7, 11) is 2.67. The second-order valence-corrected chi connectivity index (χ2v) is 5.35. The zero-order valence-electron chi connectivity index (χ0n) is 12.7. The number of carbonyl (C=O) groups excluding carboxylic acids is 1. The fraction of sp³-hybridized carbons (Fsp3) is 0.250. The fourth-order valence-electron chi connectivity index (χ4n) is 2.77. The number of hydrogen-bond donors (Lipinski definition) is 2. The number of ketones is 1. The Hall–Kier alpha value is -2.80. The third-order valence-corrected chi connectivity index (χ3v) is 3.79. The summed E-state index contributed by atoms with van der Waals surface area (Å²) in [6.45, 7) is 1.42. The highest BCUT2D eigenvalue weighted by atomic mass is 16.5. The monoisotopic (exact) mass is 318 g/mol. The molecule has 0 amide bonds. The van der Waals surface area contributed by atoms with Gasteiger partial charge in [0.15, 0.2) is 11.5 Å². The number of ether oxygens (including phenoxy) is 2. The van der Waals surface area contributed by atoms with E-state index in [1.165, 1.54) is 39.4 Å². The van der Waals surface area contributed by atoms with Crippen LogP contribution in [0.25, 0.3) is 10.8 Å². The molecule has 1 atom stereocenters. The van der Waals surface area contributed by atoms with Crippen LogP contribution in [0, 0.1) is 0 Å². The van der Waals surface area contributed by atoms with Crippen molar-refractivity contribution in [1.29, 1.82) is 0 Å². The molecule has 0 aliphatic heterocycles. The van der Waals surface area contributed by atoms with Crippen molar-refractivity contribution < 1.29 is 28.9 Å². The largest absolute Gasteiger partial charge is 0.507 e. The van der Waals surface area contributed by atoms with Crippen molar-refractivity contribution in [2.75, 3.05) is 14.2 Å². The molecule has 1 aromatic heterocycles. The van der Waals surface area contributed by atoms with Gasteiger partial charge in [0.1, 0.15) is 22.5 Å². The molecular weight excluding hydrogens is 304 g/mol. The average Bonchev–Trinajstić information content (AvgIpc) is 2.49. The highest BCUT2D eigenvalue weighted by Gasteiger charge is 2.39. The van der Waals surface area contributed by atoms with E-state index in [0.717, 1.165) is 0 Å².